The Bertz CT molecular complexity index is 703. The summed E-state index contributed by atoms with van der Waals surface area (Å²) in [5, 5.41) is 7.19. The number of nitrogens with zero attached hydrogens (tertiary/aromatic N) is 1. The van der Waals surface area contributed by atoms with Crippen molar-refractivity contribution in [3.63, 3.8) is 0 Å². The van der Waals surface area contributed by atoms with Crippen molar-refractivity contribution in [2.75, 3.05) is 20.7 Å². The maximum Gasteiger partial charge on any atom is 0.221 e. The van der Waals surface area contributed by atoms with Gasteiger partial charge in [-0.25, -0.2) is 4.98 Å². The van der Waals surface area contributed by atoms with Crippen molar-refractivity contribution >= 4 is 29.7 Å². The highest BCUT2D eigenvalue weighted by Gasteiger charge is 2.26. The van der Waals surface area contributed by atoms with Gasteiger partial charge in [-0.1, -0.05) is 0 Å². The van der Waals surface area contributed by atoms with Crippen LogP contribution in [0.4, 0.5) is 0 Å². The van der Waals surface area contributed by atoms with Crippen LogP contribution in [0.1, 0.15) is 35.9 Å². The van der Waals surface area contributed by atoms with Crippen LogP contribution in [0.5, 0.6) is 5.75 Å². The van der Waals surface area contributed by atoms with Gasteiger partial charge in [0, 0.05) is 18.5 Å². The molecule has 1 aliphatic carbocycles. The van der Waals surface area contributed by atoms with Gasteiger partial charge in [-0.2, -0.15) is 0 Å². The Kier molecular flexibility index (Phi) is 7.23. The minimum Gasteiger partial charge on any atom is -0.497 e. The SMILES string of the molecule is CNCCC(=O)NC1CCCc2nc(-c3ccc(OC)cc3)sc21.Cl. The summed E-state index contributed by atoms with van der Waals surface area (Å²) in [5.41, 5.74) is 2.23. The zero-order valence-electron chi connectivity index (χ0n) is 14.5. The number of ether oxygens (including phenoxy) is 1. The fourth-order valence-electron chi connectivity index (χ4n) is 2.92. The number of nitrogens with one attached hydrogen (secondary N) is 2. The number of methoxy groups -OCH3 is 1. The van der Waals surface area contributed by atoms with E-state index in [1.165, 1.54) is 4.88 Å². The first-order valence-corrected chi connectivity index (χ1v) is 9.11. The molecule has 1 aliphatic rings. The number of aromatic nitrogens is 1. The first kappa shape index (κ1) is 19.7. The number of carbonyl (C=O) groups excluding carboxylic acids is 1. The summed E-state index contributed by atoms with van der Waals surface area (Å²) < 4.78 is 5.21. The Hall–Kier alpha value is -1.63. The second-order valence-electron chi connectivity index (χ2n) is 5.92. The molecule has 0 spiro atoms. The lowest BCUT2D eigenvalue weighted by Crippen LogP contribution is -2.31. The fraction of sp³-hybridized carbons (Fsp3) is 0.444. The van der Waals surface area contributed by atoms with E-state index in [-0.39, 0.29) is 24.4 Å². The van der Waals surface area contributed by atoms with Gasteiger partial charge in [-0.15, -0.1) is 23.7 Å². The fourth-order valence-corrected chi connectivity index (χ4v) is 4.12. The highest BCUT2D eigenvalue weighted by atomic mass is 35.5. The third kappa shape index (κ3) is 4.71. The largest absolute Gasteiger partial charge is 0.497 e. The van der Waals surface area contributed by atoms with Crippen LogP contribution in [0.25, 0.3) is 10.6 Å². The van der Waals surface area contributed by atoms with E-state index in [0.29, 0.717) is 13.0 Å². The molecule has 1 heterocycles. The highest BCUT2D eigenvalue weighted by molar-refractivity contribution is 7.15. The molecular weight excluding hydrogens is 358 g/mol. The molecule has 2 aromatic rings. The second kappa shape index (κ2) is 9.17. The average molecular weight is 382 g/mol. The standard InChI is InChI=1S/C18H23N3O2S.ClH/c1-19-11-10-16(22)20-14-4-3-5-15-17(14)24-18(21-15)12-6-8-13(23-2)9-7-12;/h6-9,14,19H,3-5,10-11H2,1-2H3,(H,20,22);1H. The van der Waals surface area contributed by atoms with Crippen molar-refractivity contribution in [3.05, 3.63) is 34.8 Å². The second-order valence-corrected chi connectivity index (χ2v) is 6.95. The monoisotopic (exact) mass is 381 g/mol. The molecule has 2 N–H and O–H groups in total. The minimum absolute atomic E-state index is 0. The van der Waals surface area contributed by atoms with E-state index in [4.69, 9.17) is 9.72 Å². The number of rotatable bonds is 6. The van der Waals surface area contributed by atoms with Crippen molar-refractivity contribution in [1.82, 2.24) is 15.6 Å². The summed E-state index contributed by atoms with van der Waals surface area (Å²) >= 11 is 1.69. The summed E-state index contributed by atoms with van der Waals surface area (Å²) in [6.07, 6.45) is 3.55. The summed E-state index contributed by atoms with van der Waals surface area (Å²) in [5.74, 6) is 0.941. The molecule has 5 nitrogen and oxygen atoms in total. The van der Waals surface area contributed by atoms with Crippen LogP contribution in [0.15, 0.2) is 24.3 Å². The molecule has 0 saturated carbocycles. The third-order valence-electron chi connectivity index (χ3n) is 4.22. The molecule has 7 heteroatoms. The topological polar surface area (TPSA) is 63.2 Å². The van der Waals surface area contributed by atoms with Crippen LogP contribution in [0.2, 0.25) is 0 Å². The molecule has 0 fully saturated rings. The number of benzene rings is 1. The Balaban J connectivity index is 0.00000225. The van der Waals surface area contributed by atoms with Crippen LogP contribution < -0.4 is 15.4 Å². The summed E-state index contributed by atoms with van der Waals surface area (Å²) in [7, 11) is 3.52. The van der Waals surface area contributed by atoms with Crippen molar-refractivity contribution in [2.45, 2.75) is 31.7 Å². The summed E-state index contributed by atoms with van der Waals surface area (Å²) in [6, 6.07) is 8.06. The Morgan fingerprint density at radius 1 is 1.36 bits per heavy atom. The lowest BCUT2D eigenvalue weighted by atomic mass is 9.98. The van der Waals surface area contributed by atoms with Crippen LogP contribution in [0, 0.1) is 0 Å². The van der Waals surface area contributed by atoms with E-state index < -0.39 is 0 Å². The van der Waals surface area contributed by atoms with Crippen LogP contribution in [-0.4, -0.2) is 31.6 Å². The third-order valence-corrected chi connectivity index (χ3v) is 5.49. The predicted molar refractivity (Wildman–Crippen MR) is 104 cm³/mol. The molecule has 1 aromatic carbocycles. The van der Waals surface area contributed by atoms with E-state index >= 15 is 0 Å². The maximum atomic E-state index is 12.0. The van der Waals surface area contributed by atoms with Crippen LogP contribution >= 0.6 is 23.7 Å². The van der Waals surface area contributed by atoms with Gasteiger partial charge in [0.2, 0.25) is 5.91 Å². The molecule has 0 aliphatic heterocycles. The van der Waals surface area contributed by atoms with Crippen molar-refractivity contribution in [2.24, 2.45) is 0 Å². The Morgan fingerprint density at radius 3 is 2.80 bits per heavy atom. The van der Waals surface area contributed by atoms with E-state index in [0.717, 1.165) is 41.3 Å². The number of carbonyl (C=O) groups is 1. The molecular formula is C18H24ClN3O2S. The van der Waals surface area contributed by atoms with Gasteiger partial charge in [-0.05, 0) is 50.6 Å². The van der Waals surface area contributed by atoms with E-state index in [1.54, 1.807) is 18.4 Å². The number of halogens is 1. The Labute approximate surface area is 158 Å². The Morgan fingerprint density at radius 2 is 2.12 bits per heavy atom. The number of hydrogen-bond donors (Lipinski definition) is 2. The van der Waals surface area contributed by atoms with E-state index in [1.807, 2.05) is 31.3 Å². The van der Waals surface area contributed by atoms with Crippen LogP contribution in [0.3, 0.4) is 0 Å². The molecule has 136 valence electrons. The molecule has 1 atom stereocenters. The van der Waals surface area contributed by atoms with Crippen molar-refractivity contribution < 1.29 is 9.53 Å². The number of fused-ring (bicyclic) bond motifs is 1. The quantitative estimate of drug-likeness (QED) is 0.805. The first-order valence-electron chi connectivity index (χ1n) is 8.29. The minimum atomic E-state index is 0. The number of amides is 1. The molecule has 0 bridgehead atoms. The lowest BCUT2D eigenvalue weighted by molar-refractivity contribution is -0.121. The number of hydrogen-bond acceptors (Lipinski definition) is 5. The van der Waals surface area contributed by atoms with Gasteiger partial charge in [0.15, 0.2) is 0 Å². The van der Waals surface area contributed by atoms with Crippen LogP contribution in [-0.2, 0) is 11.2 Å². The van der Waals surface area contributed by atoms with Crippen molar-refractivity contribution in [1.29, 1.82) is 0 Å². The number of thiazole rings is 1. The van der Waals surface area contributed by atoms with Gasteiger partial charge in [0.05, 0.1) is 23.7 Å². The maximum absolute atomic E-state index is 12.0. The van der Waals surface area contributed by atoms with E-state index in [9.17, 15) is 4.79 Å². The van der Waals surface area contributed by atoms with Gasteiger partial charge in [0.1, 0.15) is 10.8 Å². The molecule has 1 unspecified atom stereocenters. The zero-order valence-corrected chi connectivity index (χ0v) is 16.1. The average Bonchev–Trinajstić information content (AvgIpc) is 3.05. The van der Waals surface area contributed by atoms with Crippen molar-refractivity contribution in [3.8, 4) is 16.3 Å². The van der Waals surface area contributed by atoms with Gasteiger partial charge in [0.25, 0.3) is 0 Å². The predicted octanol–water partition coefficient (Wildman–Crippen LogP) is 3.34. The molecule has 3 rings (SSSR count). The molecule has 1 aromatic heterocycles. The van der Waals surface area contributed by atoms with E-state index in [2.05, 4.69) is 10.6 Å². The summed E-state index contributed by atoms with van der Waals surface area (Å²) in [4.78, 5) is 18.1. The molecule has 0 saturated heterocycles. The lowest BCUT2D eigenvalue weighted by Gasteiger charge is -2.22. The van der Waals surface area contributed by atoms with Gasteiger partial charge in [-0.3, -0.25) is 4.79 Å². The normalized spacial score (nSPS) is 15.8. The smallest absolute Gasteiger partial charge is 0.221 e. The molecule has 0 radical (unpaired) electrons. The molecule has 1 amide bonds. The summed E-state index contributed by atoms with van der Waals surface area (Å²) in [6.45, 7) is 0.700. The van der Waals surface area contributed by atoms with Gasteiger partial charge >= 0.3 is 0 Å². The van der Waals surface area contributed by atoms with Gasteiger partial charge < -0.3 is 15.4 Å². The molecule has 25 heavy (non-hydrogen) atoms. The highest BCUT2D eigenvalue weighted by Crippen LogP contribution is 2.38. The zero-order chi connectivity index (χ0) is 16.9. The first-order chi connectivity index (χ1) is 11.7. The number of aryl methyl sites for hydroxylation is 1.